The van der Waals surface area contributed by atoms with E-state index in [4.69, 9.17) is 27.9 Å². The lowest BCUT2D eigenvalue weighted by Gasteiger charge is -2.33. The van der Waals surface area contributed by atoms with Crippen LogP contribution in [-0.2, 0) is 26.2 Å². The number of amides is 2. The third-order valence-electron chi connectivity index (χ3n) is 6.58. The van der Waals surface area contributed by atoms with E-state index in [0.29, 0.717) is 39.0 Å². The van der Waals surface area contributed by atoms with Gasteiger partial charge in [0.05, 0.1) is 17.2 Å². The molecule has 12 heteroatoms. The highest BCUT2D eigenvalue weighted by Crippen LogP contribution is 2.30. The van der Waals surface area contributed by atoms with Gasteiger partial charge in [-0.1, -0.05) is 66.0 Å². The van der Waals surface area contributed by atoms with Gasteiger partial charge in [-0.3, -0.25) is 13.9 Å². The average Bonchev–Trinajstić information content (AvgIpc) is 2.97. The van der Waals surface area contributed by atoms with Gasteiger partial charge in [-0.05, 0) is 79.9 Å². The van der Waals surface area contributed by atoms with Crippen molar-refractivity contribution in [1.82, 2.24) is 10.2 Å². The Bertz CT molecular complexity index is 1480. The number of carbonyl (C=O) groups is 2. The molecule has 0 radical (unpaired) electrons. The second-order valence-electron chi connectivity index (χ2n) is 10.2. The van der Waals surface area contributed by atoms with Crippen molar-refractivity contribution < 1.29 is 22.7 Å². The van der Waals surface area contributed by atoms with Crippen LogP contribution in [0.3, 0.4) is 0 Å². The quantitative estimate of drug-likeness (QED) is 0.196. The molecule has 0 fully saturated rings. The Morgan fingerprint density at radius 2 is 1.56 bits per heavy atom. The molecule has 43 heavy (non-hydrogen) atoms. The number of nitrogens with one attached hydrogen (secondary N) is 1. The number of anilines is 1. The van der Waals surface area contributed by atoms with Crippen molar-refractivity contribution in [2.45, 2.75) is 51.6 Å². The zero-order valence-corrected chi connectivity index (χ0v) is 28.4. The van der Waals surface area contributed by atoms with Crippen LogP contribution in [0.1, 0.15) is 39.7 Å². The number of hydrogen-bond acceptors (Lipinski definition) is 5. The summed E-state index contributed by atoms with van der Waals surface area (Å²) in [7, 11) is -4.22. The van der Waals surface area contributed by atoms with Gasteiger partial charge in [0.1, 0.15) is 18.3 Å². The Balaban J connectivity index is 2.09. The standard InChI is InChI=1S/C31H36BrCl2N3O5S/c1-5-29(31(39)35-18-21(3)4)36(19-26-27(33)8-7-9-28(26)34)30(38)20-37(23-12-14-24(15-13-23)42-6-2)43(40,41)25-16-10-22(32)11-17-25/h7-17,21,29H,5-6,18-20H2,1-4H3,(H,35,39)/t29-/m1/s1. The van der Waals surface area contributed by atoms with Crippen molar-refractivity contribution in [3.63, 3.8) is 0 Å². The SMILES string of the molecule is CCOc1ccc(N(CC(=O)N(Cc2c(Cl)cccc2Cl)[C@H](CC)C(=O)NCC(C)C)S(=O)(=O)c2ccc(Br)cc2)cc1. The normalized spacial score (nSPS) is 12.1. The van der Waals surface area contributed by atoms with Crippen molar-refractivity contribution in [3.05, 3.63) is 86.8 Å². The lowest BCUT2D eigenvalue weighted by molar-refractivity contribution is -0.140. The summed E-state index contributed by atoms with van der Waals surface area (Å²) < 4.78 is 35.3. The van der Waals surface area contributed by atoms with Crippen molar-refractivity contribution in [1.29, 1.82) is 0 Å². The van der Waals surface area contributed by atoms with Crippen molar-refractivity contribution in [2.24, 2.45) is 5.92 Å². The molecule has 2 amide bonds. The number of benzene rings is 3. The average molecular weight is 714 g/mol. The summed E-state index contributed by atoms with van der Waals surface area (Å²) >= 11 is 16.3. The number of ether oxygens (including phenoxy) is 1. The summed E-state index contributed by atoms with van der Waals surface area (Å²) in [6.07, 6.45) is 0.278. The highest BCUT2D eigenvalue weighted by atomic mass is 79.9. The first-order chi connectivity index (χ1) is 20.4. The zero-order chi connectivity index (χ0) is 31.7. The maximum Gasteiger partial charge on any atom is 0.264 e. The second-order valence-corrected chi connectivity index (χ2v) is 13.8. The fourth-order valence-corrected chi connectivity index (χ4v) is 6.53. The smallest absolute Gasteiger partial charge is 0.264 e. The molecule has 0 unspecified atom stereocenters. The summed E-state index contributed by atoms with van der Waals surface area (Å²) in [5.74, 6) is -0.204. The van der Waals surface area contributed by atoms with Crippen LogP contribution in [0, 0.1) is 5.92 Å². The van der Waals surface area contributed by atoms with Gasteiger partial charge in [0.2, 0.25) is 11.8 Å². The number of hydrogen-bond donors (Lipinski definition) is 1. The molecule has 3 aromatic rings. The molecule has 0 spiro atoms. The van der Waals surface area contributed by atoms with Gasteiger partial charge < -0.3 is 15.0 Å². The summed E-state index contributed by atoms with van der Waals surface area (Å²) in [5.41, 5.74) is 0.713. The first-order valence-corrected chi connectivity index (χ1v) is 16.9. The molecule has 0 aliphatic rings. The van der Waals surface area contributed by atoms with Crippen LogP contribution in [-0.4, -0.2) is 50.9 Å². The number of rotatable bonds is 14. The van der Waals surface area contributed by atoms with Gasteiger partial charge in [0.15, 0.2) is 0 Å². The minimum Gasteiger partial charge on any atom is -0.494 e. The predicted octanol–water partition coefficient (Wildman–Crippen LogP) is 6.93. The number of nitrogens with zero attached hydrogens (tertiary/aromatic N) is 2. The first kappa shape index (κ1) is 34.7. The predicted molar refractivity (Wildman–Crippen MR) is 175 cm³/mol. The van der Waals surface area contributed by atoms with Gasteiger partial charge in [-0.25, -0.2) is 8.42 Å². The van der Waals surface area contributed by atoms with Crippen molar-refractivity contribution in [3.8, 4) is 5.75 Å². The van der Waals surface area contributed by atoms with Crippen LogP contribution >= 0.6 is 39.1 Å². The molecule has 0 bridgehead atoms. The maximum atomic E-state index is 14.2. The Labute approximate surface area is 272 Å². The molecule has 0 saturated heterocycles. The van der Waals surface area contributed by atoms with E-state index in [1.165, 1.54) is 17.0 Å². The van der Waals surface area contributed by atoms with Crippen LogP contribution in [0.15, 0.2) is 76.1 Å². The Morgan fingerprint density at radius 1 is 0.953 bits per heavy atom. The molecular weight excluding hydrogens is 677 g/mol. The Hall–Kier alpha value is -2.79. The third kappa shape index (κ3) is 9.11. The van der Waals surface area contributed by atoms with Crippen molar-refractivity contribution >= 4 is 66.7 Å². The molecule has 3 rings (SSSR count). The van der Waals surface area contributed by atoms with Crippen molar-refractivity contribution in [2.75, 3.05) is 24.0 Å². The molecule has 8 nitrogen and oxygen atoms in total. The molecule has 0 aromatic heterocycles. The van der Waals surface area contributed by atoms with E-state index in [2.05, 4.69) is 21.2 Å². The molecule has 1 atom stereocenters. The first-order valence-electron chi connectivity index (χ1n) is 13.9. The minimum absolute atomic E-state index is 0.000184. The fraction of sp³-hybridized carbons (Fsp3) is 0.355. The van der Waals surface area contributed by atoms with E-state index in [1.807, 2.05) is 20.8 Å². The van der Waals surface area contributed by atoms with Gasteiger partial charge in [0, 0.05) is 33.2 Å². The molecule has 232 valence electrons. The Kier molecular flexibility index (Phi) is 12.7. The molecular formula is C31H36BrCl2N3O5S. The largest absolute Gasteiger partial charge is 0.494 e. The molecule has 0 heterocycles. The van der Waals surface area contributed by atoms with Crippen LogP contribution < -0.4 is 14.4 Å². The highest BCUT2D eigenvalue weighted by molar-refractivity contribution is 9.10. The molecule has 1 N–H and O–H groups in total. The maximum absolute atomic E-state index is 14.2. The highest BCUT2D eigenvalue weighted by Gasteiger charge is 2.34. The summed E-state index contributed by atoms with van der Waals surface area (Å²) in [5, 5.41) is 3.55. The zero-order valence-electron chi connectivity index (χ0n) is 24.5. The van der Waals surface area contributed by atoms with E-state index >= 15 is 0 Å². The van der Waals surface area contributed by atoms with Gasteiger partial charge >= 0.3 is 0 Å². The topological polar surface area (TPSA) is 96.0 Å². The Morgan fingerprint density at radius 3 is 2.09 bits per heavy atom. The third-order valence-corrected chi connectivity index (χ3v) is 9.60. The lowest BCUT2D eigenvalue weighted by atomic mass is 10.1. The summed E-state index contributed by atoms with van der Waals surface area (Å²) in [6.45, 7) is 7.75. The van der Waals surface area contributed by atoms with Gasteiger partial charge in [-0.2, -0.15) is 0 Å². The van der Waals surface area contributed by atoms with Crippen LogP contribution in [0.4, 0.5) is 5.69 Å². The number of halogens is 3. The van der Waals surface area contributed by atoms with E-state index in [9.17, 15) is 18.0 Å². The van der Waals surface area contributed by atoms with Crippen LogP contribution in [0.25, 0.3) is 0 Å². The summed E-state index contributed by atoms with van der Waals surface area (Å²) in [6, 6.07) is 16.7. The van der Waals surface area contributed by atoms with E-state index in [0.717, 1.165) is 4.31 Å². The second kappa shape index (κ2) is 15.8. The van der Waals surface area contributed by atoms with Crippen LogP contribution in [0.5, 0.6) is 5.75 Å². The molecule has 0 aliphatic carbocycles. The fourth-order valence-electron chi connectivity index (χ4n) is 4.33. The van der Waals surface area contributed by atoms with Gasteiger partial charge in [0.25, 0.3) is 10.0 Å². The molecule has 0 aliphatic heterocycles. The number of sulfonamides is 1. The molecule has 0 saturated carbocycles. The van der Waals surface area contributed by atoms with Crippen LogP contribution in [0.2, 0.25) is 10.0 Å². The van der Waals surface area contributed by atoms with E-state index in [1.54, 1.807) is 61.5 Å². The van der Waals surface area contributed by atoms with E-state index in [-0.39, 0.29) is 35.4 Å². The van der Waals surface area contributed by atoms with Gasteiger partial charge in [-0.15, -0.1) is 0 Å². The minimum atomic E-state index is -4.22. The number of carbonyl (C=O) groups excluding carboxylic acids is 2. The lowest BCUT2D eigenvalue weighted by Crippen LogP contribution is -2.52. The monoisotopic (exact) mass is 711 g/mol. The molecule has 3 aromatic carbocycles. The van der Waals surface area contributed by atoms with E-state index < -0.39 is 28.5 Å². The summed E-state index contributed by atoms with van der Waals surface area (Å²) in [4.78, 5) is 28.9.